The van der Waals surface area contributed by atoms with E-state index < -0.39 is 0 Å². The van der Waals surface area contributed by atoms with E-state index in [1.54, 1.807) is 30.5 Å². The standard InChI is InChI=1S/C24H23ClFN3O/c25-19-10-8-17(9-11-19)12-14-29(16-18-6-7-18)24(30)22-5-2-13-27-23(22)28-21-4-1-3-20(26)15-21/h1-5,8-11,13,15,18H,6-7,12,14,16H2,(H,27,28). The maximum absolute atomic E-state index is 13.6. The van der Waals surface area contributed by atoms with E-state index in [1.807, 2.05) is 29.2 Å². The van der Waals surface area contributed by atoms with Gasteiger partial charge < -0.3 is 10.2 Å². The fourth-order valence-corrected chi connectivity index (χ4v) is 3.48. The number of hydrogen-bond acceptors (Lipinski definition) is 3. The molecule has 1 aromatic heterocycles. The molecule has 1 heterocycles. The van der Waals surface area contributed by atoms with Crippen LogP contribution < -0.4 is 5.32 Å². The lowest BCUT2D eigenvalue weighted by Gasteiger charge is -2.24. The van der Waals surface area contributed by atoms with Gasteiger partial charge in [-0.25, -0.2) is 9.37 Å². The molecular weight excluding hydrogens is 401 g/mol. The molecule has 0 atom stereocenters. The van der Waals surface area contributed by atoms with Crippen LogP contribution in [-0.2, 0) is 6.42 Å². The number of carbonyl (C=O) groups is 1. The average Bonchev–Trinajstić information content (AvgIpc) is 3.56. The molecule has 1 aliphatic rings. The number of nitrogens with zero attached hydrogens (tertiary/aromatic N) is 2. The van der Waals surface area contributed by atoms with Crippen molar-refractivity contribution in [1.29, 1.82) is 0 Å². The molecule has 30 heavy (non-hydrogen) atoms. The number of aromatic nitrogens is 1. The quantitative estimate of drug-likeness (QED) is 0.504. The van der Waals surface area contributed by atoms with Gasteiger partial charge in [-0.05, 0) is 73.2 Å². The number of amides is 1. The van der Waals surface area contributed by atoms with Gasteiger partial charge in [0, 0.05) is 30.0 Å². The van der Waals surface area contributed by atoms with Crippen LogP contribution in [0.1, 0.15) is 28.8 Å². The summed E-state index contributed by atoms with van der Waals surface area (Å²) in [6.07, 6.45) is 4.69. The fourth-order valence-electron chi connectivity index (χ4n) is 3.35. The first-order valence-corrected chi connectivity index (χ1v) is 10.5. The Morgan fingerprint density at radius 1 is 1.13 bits per heavy atom. The molecule has 154 valence electrons. The monoisotopic (exact) mass is 423 g/mol. The normalized spacial score (nSPS) is 13.1. The van der Waals surface area contributed by atoms with Crippen LogP contribution in [0.25, 0.3) is 0 Å². The van der Waals surface area contributed by atoms with Gasteiger partial charge in [-0.3, -0.25) is 4.79 Å². The smallest absolute Gasteiger partial charge is 0.257 e. The highest BCUT2D eigenvalue weighted by Gasteiger charge is 2.28. The van der Waals surface area contributed by atoms with Crippen molar-refractivity contribution in [2.24, 2.45) is 5.92 Å². The van der Waals surface area contributed by atoms with Gasteiger partial charge in [0.25, 0.3) is 5.91 Å². The maximum atomic E-state index is 13.6. The van der Waals surface area contributed by atoms with E-state index in [0.29, 0.717) is 34.6 Å². The van der Waals surface area contributed by atoms with Crippen LogP contribution in [0, 0.1) is 11.7 Å². The SMILES string of the molecule is O=C(c1cccnc1Nc1cccc(F)c1)N(CCc1ccc(Cl)cc1)CC1CC1. The minimum Gasteiger partial charge on any atom is -0.339 e. The summed E-state index contributed by atoms with van der Waals surface area (Å²) in [5.74, 6) is 0.584. The summed E-state index contributed by atoms with van der Waals surface area (Å²) < 4.78 is 13.6. The molecule has 6 heteroatoms. The van der Waals surface area contributed by atoms with E-state index in [0.717, 1.165) is 31.4 Å². The van der Waals surface area contributed by atoms with Crippen molar-refractivity contribution in [2.75, 3.05) is 18.4 Å². The molecule has 4 nitrogen and oxygen atoms in total. The van der Waals surface area contributed by atoms with E-state index in [9.17, 15) is 9.18 Å². The molecule has 0 saturated heterocycles. The Kier molecular flexibility index (Phi) is 6.29. The van der Waals surface area contributed by atoms with Gasteiger partial charge in [0.05, 0.1) is 5.56 Å². The Balaban J connectivity index is 1.52. The molecule has 0 radical (unpaired) electrons. The van der Waals surface area contributed by atoms with Gasteiger partial charge in [-0.15, -0.1) is 0 Å². The van der Waals surface area contributed by atoms with Crippen molar-refractivity contribution in [1.82, 2.24) is 9.88 Å². The van der Waals surface area contributed by atoms with Gasteiger partial charge >= 0.3 is 0 Å². The Morgan fingerprint density at radius 3 is 2.67 bits per heavy atom. The fraction of sp³-hybridized carbons (Fsp3) is 0.250. The highest BCUT2D eigenvalue weighted by Crippen LogP contribution is 2.31. The number of pyridine rings is 1. The summed E-state index contributed by atoms with van der Waals surface area (Å²) in [5, 5.41) is 3.79. The molecule has 1 N–H and O–H groups in total. The summed E-state index contributed by atoms with van der Waals surface area (Å²) >= 11 is 5.97. The lowest BCUT2D eigenvalue weighted by molar-refractivity contribution is 0.0750. The molecule has 0 spiro atoms. The second-order valence-electron chi connectivity index (χ2n) is 7.61. The van der Waals surface area contributed by atoms with Gasteiger partial charge in [-0.1, -0.05) is 29.8 Å². The highest BCUT2D eigenvalue weighted by molar-refractivity contribution is 6.30. The van der Waals surface area contributed by atoms with Crippen LogP contribution in [0.5, 0.6) is 0 Å². The zero-order chi connectivity index (χ0) is 20.9. The van der Waals surface area contributed by atoms with Crippen molar-refractivity contribution < 1.29 is 9.18 Å². The number of hydrogen-bond donors (Lipinski definition) is 1. The van der Waals surface area contributed by atoms with Gasteiger partial charge in [0.15, 0.2) is 0 Å². The van der Waals surface area contributed by atoms with E-state index in [-0.39, 0.29) is 11.7 Å². The van der Waals surface area contributed by atoms with Crippen molar-refractivity contribution in [3.8, 4) is 0 Å². The minimum atomic E-state index is -0.345. The zero-order valence-corrected chi connectivity index (χ0v) is 17.3. The predicted molar refractivity (Wildman–Crippen MR) is 118 cm³/mol. The topological polar surface area (TPSA) is 45.2 Å². The minimum absolute atomic E-state index is 0.0668. The molecule has 0 unspecified atom stereocenters. The first kappa shape index (κ1) is 20.4. The van der Waals surface area contributed by atoms with E-state index in [4.69, 9.17) is 11.6 Å². The van der Waals surface area contributed by atoms with Crippen molar-refractivity contribution in [3.63, 3.8) is 0 Å². The number of benzene rings is 2. The molecule has 0 aliphatic heterocycles. The van der Waals surface area contributed by atoms with E-state index in [1.165, 1.54) is 12.1 Å². The van der Waals surface area contributed by atoms with Crippen LogP contribution in [0.15, 0.2) is 66.9 Å². The second kappa shape index (κ2) is 9.26. The molecular formula is C24H23ClFN3O. The van der Waals surface area contributed by atoms with Crippen LogP contribution in [-0.4, -0.2) is 28.9 Å². The van der Waals surface area contributed by atoms with Crippen LogP contribution in [0.3, 0.4) is 0 Å². The first-order valence-electron chi connectivity index (χ1n) is 10.1. The first-order chi connectivity index (χ1) is 14.6. The third kappa shape index (κ3) is 5.36. The molecule has 1 amide bonds. The van der Waals surface area contributed by atoms with Crippen molar-refractivity contribution >= 4 is 29.0 Å². The molecule has 2 aromatic carbocycles. The molecule has 3 aromatic rings. The van der Waals surface area contributed by atoms with Gasteiger partial charge in [-0.2, -0.15) is 0 Å². The van der Waals surface area contributed by atoms with Gasteiger partial charge in [0.1, 0.15) is 11.6 Å². The van der Waals surface area contributed by atoms with Crippen molar-refractivity contribution in [2.45, 2.75) is 19.3 Å². The summed E-state index contributed by atoms with van der Waals surface area (Å²) in [4.78, 5) is 19.6. The Morgan fingerprint density at radius 2 is 1.93 bits per heavy atom. The summed E-state index contributed by atoms with van der Waals surface area (Å²) in [6.45, 7) is 1.35. The molecule has 4 rings (SSSR count). The average molecular weight is 424 g/mol. The third-order valence-electron chi connectivity index (χ3n) is 5.17. The highest BCUT2D eigenvalue weighted by atomic mass is 35.5. The molecule has 1 aliphatic carbocycles. The lowest BCUT2D eigenvalue weighted by atomic mass is 10.1. The van der Waals surface area contributed by atoms with Crippen LogP contribution in [0.2, 0.25) is 5.02 Å². The Labute approximate surface area is 180 Å². The van der Waals surface area contributed by atoms with Gasteiger partial charge in [0.2, 0.25) is 0 Å². The van der Waals surface area contributed by atoms with Crippen LogP contribution in [0.4, 0.5) is 15.9 Å². The Bertz CT molecular complexity index is 1020. The lowest BCUT2D eigenvalue weighted by Crippen LogP contribution is -2.35. The largest absolute Gasteiger partial charge is 0.339 e. The number of rotatable bonds is 8. The predicted octanol–water partition coefficient (Wildman–Crippen LogP) is 5.71. The summed E-state index contributed by atoms with van der Waals surface area (Å²) in [6, 6.07) is 17.3. The van der Waals surface area contributed by atoms with Crippen molar-refractivity contribution in [3.05, 3.63) is 88.8 Å². The van der Waals surface area contributed by atoms with E-state index in [2.05, 4.69) is 10.3 Å². The molecule has 0 bridgehead atoms. The maximum Gasteiger partial charge on any atom is 0.257 e. The number of carbonyl (C=O) groups excluding carboxylic acids is 1. The summed E-state index contributed by atoms with van der Waals surface area (Å²) in [5.41, 5.74) is 2.17. The third-order valence-corrected chi connectivity index (χ3v) is 5.42. The number of halogens is 2. The number of nitrogens with one attached hydrogen (secondary N) is 1. The molecule has 1 saturated carbocycles. The van der Waals surface area contributed by atoms with E-state index >= 15 is 0 Å². The summed E-state index contributed by atoms with van der Waals surface area (Å²) in [7, 11) is 0. The zero-order valence-electron chi connectivity index (χ0n) is 16.5. The second-order valence-corrected chi connectivity index (χ2v) is 8.04. The van der Waals surface area contributed by atoms with Crippen LogP contribution >= 0.6 is 11.6 Å². The Hall–Kier alpha value is -2.92. The molecule has 1 fully saturated rings. The number of anilines is 2.